The van der Waals surface area contributed by atoms with Crippen LogP contribution < -0.4 is 5.32 Å². The Morgan fingerprint density at radius 1 is 1.32 bits per heavy atom. The van der Waals surface area contributed by atoms with Crippen molar-refractivity contribution in [1.82, 2.24) is 25.5 Å². The van der Waals surface area contributed by atoms with Crippen LogP contribution in [0.25, 0.3) is 5.69 Å². The first-order chi connectivity index (χ1) is 12.1. The Labute approximate surface area is 156 Å². The highest BCUT2D eigenvalue weighted by Crippen LogP contribution is 2.25. The summed E-state index contributed by atoms with van der Waals surface area (Å²) in [6.07, 6.45) is 6.32. The zero-order chi connectivity index (χ0) is 17.6. The van der Waals surface area contributed by atoms with Gasteiger partial charge in [0.15, 0.2) is 0 Å². The molecule has 2 aromatic rings. The minimum Gasteiger partial charge on any atom is -0.355 e. The lowest BCUT2D eigenvalue weighted by atomic mass is 9.89. The number of hydrogen-bond donors (Lipinski definition) is 1. The molecular formula is C17H22ClN5OS. The van der Waals surface area contributed by atoms with Crippen molar-refractivity contribution in [3.8, 4) is 5.69 Å². The Bertz CT molecular complexity index is 699. The van der Waals surface area contributed by atoms with E-state index in [9.17, 15) is 4.79 Å². The van der Waals surface area contributed by atoms with Crippen LogP contribution in [0.3, 0.4) is 0 Å². The van der Waals surface area contributed by atoms with Gasteiger partial charge >= 0.3 is 0 Å². The van der Waals surface area contributed by atoms with E-state index in [2.05, 4.69) is 20.8 Å². The number of benzene rings is 1. The van der Waals surface area contributed by atoms with Gasteiger partial charge in [0.2, 0.25) is 11.1 Å². The molecule has 6 nitrogen and oxygen atoms in total. The van der Waals surface area contributed by atoms with Gasteiger partial charge in [0.1, 0.15) is 0 Å². The van der Waals surface area contributed by atoms with E-state index in [1.807, 2.05) is 19.1 Å². The van der Waals surface area contributed by atoms with Crippen LogP contribution in [0.2, 0.25) is 5.02 Å². The molecule has 1 N–H and O–H groups in total. The number of hydrogen-bond acceptors (Lipinski definition) is 5. The summed E-state index contributed by atoms with van der Waals surface area (Å²) in [5.74, 6) is 0.649. The van der Waals surface area contributed by atoms with E-state index in [4.69, 9.17) is 11.6 Å². The fraction of sp³-hybridized carbons (Fsp3) is 0.529. The molecule has 0 bridgehead atoms. The van der Waals surface area contributed by atoms with Gasteiger partial charge in [-0.25, -0.2) is 0 Å². The first kappa shape index (κ1) is 18.2. The molecule has 1 aliphatic rings. The van der Waals surface area contributed by atoms with Gasteiger partial charge in [0.05, 0.1) is 10.9 Å². The minimum atomic E-state index is -0.263. The molecule has 0 unspecified atom stereocenters. The average Bonchev–Trinajstić information content (AvgIpc) is 3.09. The summed E-state index contributed by atoms with van der Waals surface area (Å²) in [4.78, 5) is 12.4. The van der Waals surface area contributed by atoms with E-state index in [0.29, 0.717) is 16.1 Å². The predicted octanol–water partition coefficient (Wildman–Crippen LogP) is 3.49. The van der Waals surface area contributed by atoms with Crippen molar-refractivity contribution in [2.45, 2.75) is 49.4 Å². The van der Waals surface area contributed by atoms with E-state index in [1.165, 1.54) is 43.9 Å². The highest BCUT2D eigenvalue weighted by atomic mass is 35.5. The lowest BCUT2D eigenvalue weighted by Crippen LogP contribution is -2.35. The molecule has 1 aromatic carbocycles. The summed E-state index contributed by atoms with van der Waals surface area (Å²) in [6, 6.07) is 7.26. The molecule has 134 valence electrons. The number of tetrazole rings is 1. The van der Waals surface area contributed by atoms with Gasteiger partial charge in [0, 0.05) is 11.6 Å². The zero-order valence-electron chi connectivity index (χ0n) is 14.2. The van der Waals surface area contributed by atoms with Crippen LogP contribution in [0.15, 0.2) is 29.4 Å². The maximum Gasteiger partial charge on any atom is 0.233 e. The van der Waals surface area contributed by atoms with Gasteiger partial charge in [-0.05, 0) is 60.4 Å². The molecule has 1 amide bonds. The minimum absolute atomic E-state index is 0.0289. The van der Waals surface area contributed by atoms with Gasteiger partial charge in [-0.1, -0.05) is 42.6 Å². The smallest absolute Gasteiger partial charge is 0.233 e. The SMILES string of the molecule is C[C@@H](Sc1nnnn1-c1ccc(Cl)cc1)C(=O)NCC1CCCCC1. The highest BCUT2D eigenvalue weighted by molar-refractivity contribution is 8.00. The maximum absolute atomic E-state index is 12.4. The molecular weight excluding hydrogens is 358 g/mol. The first-order valence-corrected chi connectivity index (χ1v) is 9.88. The molecule has 0 spiro atoms. The second-order valence-corrected chi connectivity index (χ2v) is 8.10. The fourth-order valence-electron chi connectivity index (χ4n) is 2.99. The maximum atomic E-state index is 12.4. The van der Waals surface area contributed by atoms with Crippen molar-refractivity contribution in [3.63, 3.8) is 0 Å². The largest absolute Gasteiger partial charge is 0.355 e. The summed E-state index contributed by atoms with van der Waals surface area (Å²) >= 11 is 7.27. The van der Waals surface area contributed by atoms with Crippen molar-refractivity contribution in [1.29, 1.82) is 0 Å². The molecule has 25 heavy (non-hydrogen) atoms. The van der Waals surface area contributed by atoms with E-state index < -0.39 is 0 Å². The van der Waals surface area contributed by atoms with E-state index >= 15 is 0 Å². The quantitative estimate of drug-likeness (QED) is 0.777. The van der Waals surface area contributed by atoms with Crippen molar-refractivity contribution in [2.24, 2.45) is 5.92 Å². The average molecular weight is 380 g/mol. The number of nitrogens with zero attached hydrogens (tertiary/aromatic N) is 4. The van der Waals surface area contributed by atoms with Crippen molar-refractivity contribution >= 4 is 29.3 Å². The second kappa shape index (κ2) is 8.67. The number of carbonyl (C=O) groups is 1. The van der Waals surface area contributed by atoms with Crippen LogP contribution in [-0.2, 0) is 4.79 Å². The van der Waals surface area contributed by atoms with Crippen molar-refractivity contribution < 1.29 is 4.79 Å². The van der Waals surface area contributed by atoms with E-state index in [-0.39, 0.29) is 11.2 Å². The molecule has 0 saturated heterocycles. The molecule has 1 heterocycles. The number of thioether (sulfide) groups is 1. The Balaban J connectivity index is 1.57. The third-order valence-electron chi connectivity index (χ3n) is 4.45. The molecule has 1 saturated carbocycles. The normalized spacial score (nSPS) is 16.6. The van der Waals surface area contributed by atoms with Gasteiger partial charge in [-0.2, -0.15) is 4.68 Å². The summed E-state index contributed by atoms with van der Waals surface area (Å²) < 4.78 is 1.62. The Kier molecular flexibility index (Phi) is 6.31. The van der Waals surface area contributed by atoms with Crippen LogP contribution in [0.5, 0.6) is 0 Å². The number of aromatic nitrogens is 4. The first-order valence-electron chi connectivity index (χ1n) is 8.62. The summed E-state index contributed by atoms with van der Waals surface area (Å²) in [6.45, 7) is 2.65. The number of rotatable bonds is 6. The lowest BCUT2D eigenvalue weighted by molar-refractivity contribution is -0.120. The highest BCUT2D eigenvalue weighted by Gasteiger charge is 2.21. The Morgan fingerprint density at radius 2 is 2.04 bits per heavy atom. The zero-order valence-corrected chi connectivity index (χ0v) is 15.8. The third kappa shape index (κ3) is 4.95. The molecule has 0 aliphatic heterocycles. The third-order valence-corrected chi connectivity index (χ3v) is 5.74. The van der Waals surface area contributed by atoms with Crippen molar-refractivity contribution in [3.05, 3.63) is 29.3 Å². The van der Waals surface area contributed by atoms with Crippen LogP contribution in [0.1, 0.15) is 39.0 Å². The number of carbonyl (C=O) groups excluding carboxylic acids is 1. The van der Waals surface area contributed by atoms with Crippen LogP contribution in [-0.4, -0.2) is 37.9 Å². The summed E-state index contributed by atoms with van der Waals surface area (Å²) in [7, 11) is 0. The van der Waals surface area contributed by atoms with Gasteiger partial charge < -0.3 is 5.32 Å². The van der Waals surface area contributed by atoms with Gasteiger partial charge in [-0.3, -0.25) is 4.79 Å². The molecule has 1 aliphatic carbocycles. The molecule has 0 radical (unpaired) electrons. The van der Waals surface area contributed by atoms with Crippen molar-refractivity contribution in [2.75, 3.05) is 6.54 Å². The molecule has 1 fully saturated rings. The Morgan fingerprint density at radius 3 is 2.76 bits per heavy atom. The molecule has 1 aromatic heterocycles. The van der Waals surface area contributed by atoms with Gasteiger partial charge in [0.25, 0.3) is 0 Å². The monoisotopic (exact) mass is 379 g/mol. The topological polar surface area (TPSA) is 72.7 Å². The molecule has 8 heteroatoms. The number of amides is 1. The number of halogens is 1. The van der Waals surface area contributed by atoms with Crippen LogP contribution >= 0.6 is 23.4 Å². The second-order valence-electron chi connectivity index (χ2n) is 6.36. The van der Waals surface area contributed by atoms with E-state index in [0.717, 1.165) is 12.2 Å². The standard InChI is InChI=1S/C17H22ClN5OS/c1-12(16(24)19-11-13-5-3-2-4-6-13)25-17-20-21-22-23(17)15-9-7-14(18)8-10-15/h7-10,12-13H,2-6,11H2,1H3,(H,19,24)/t12-/m1/s1. The predicted molar refractivity (Wildman–Crippen MR) is 99.1 cm³/mol. The van der Waals surface area contributed by atoms with Crippen LogP contribution in [0.4, 0.5) is 0 Å². The molecule has 1 atom stereocenters. The molecule has 3 rings (SSSR count). The Hall–Kier alpha value is -1.60. The fourth-order valence-corrected chi connectivity index (χ4v) is 3.95. The van der Waals surface area contributed by atoms with Crippen LogP contribution in [0, 0.1) is 5.92 Å². The van der Waals surface area contributed by atoms with Gasteiger partial charge in [-0.15, -0.1) is 5.10 Å². The summed E-state index contributed by atoms with van der Waals surface area (Å²) in [5.41, 5.74) is 0.812. The van der Waals surface area contributed by atoms with E-state index in [1.54, 1.807) is 16.8 Å². The number of nitrogens with one attached hydrogen (secondary N) is 1. The lowest BCUT2D eigenvalue weighted by Gasteiger charge is -2.22. The summed E-state index contributed by atoms with van der Waals surface area (Å²) in [5, 5.41) is 15.8.